The predicted molar refractivity (Wildman–Crippen MR) is 244 cm³/mol. The molecule has 60 heavy (non-hydrogen) atoms. The minimum Gasteiger partial charge on any atom is -0.256 e. The van der Waals surface area contributed by atoms with Gasteiger partial charge in [0.05, 0.1) is 11.4 Å². The van der Waals surface area contributed by atoms with Crippen molar-refractivity contribution in [3.8, 4) is 101 Å². The van der Waals surface area contributed by atoms with E-state index in [1.807, 2.05) is 109 Å². The zero-order chi connectivity index (χ0) is 40.1. The summed E-state index contributed by atoms with van der Waals surface area (Å²) < 4.78 is 0. The number of hydrogen-bond donors (Lipinski definition) is 0. The van der Waals surface area contributed by atoms with Gasteiger partial charge < -0.3 is 0 Å². The van der Waals surface area contributed by atoms with E-state index >= 15 is 0 Å². The summed E-state index contributed by atoms with van der Waals surface area (Å²) in [6.45, 7) is 0. The van der Waals surface area contributed by atoms with Crippen LogP contribution in [0, 0.1) is 0 Å². The maximum Gasteiger partial charge on any atom is 0.164 e. The van der Waals surface area contributed by atoms with E-state index in [4.69, 9.17) is 24.9 Å². The Balaban J connectivity index is 1.24. The molecule has 7 aromatic carbocycles. The summed E-state index contributed by atoms with van der Waals surface area (Å²) in [6, 6.07) is 73.4. The van der Waals surface area contributed by atoms with Crippen molar-refractivity contribution in [1.29, 1.82) is 0 Å². The monoisotopic (exact) mass is 767 g/mol. The third-order valence-electron chi connectivity index (χ3n) is 10.6. The Bertz CT molecular complexity index is 2530. The molecule has 0 saturated heterocycles. The Labute approximate surface area is 349 Å². The van der Waals surface area contributed by atoms with Crippen LogP contribution in [0.25, 0.3) is 101 Å². The summed E-state index contributed by atoms with van der Waals surface area (Å²) in [5, 5.41) is 0. The lowest BCUT2D eigenvalue weighted by Gasteiger charge is -2.16. The number of hydrogen-bond acceptors (Lipinski definition) is 5. The molecule has 3 heterocycles. The molecule has 0 amide bonds. The van der Waals surface area contributed by atoms with Crippen LogP contribution in [0.2, 0.25) is 0 Å². The normalized spacial score (nSPS) is 11.0. The van der Waals surface area contributed by atoms with E-state index in [0.29, 0.717) is 17.5 Å². The first kappa shape index (κ1) is 36.2. The molecule has 3 aromatic heterocycles. The molecule has 0 spiro atoms. The van der Waals surface area contributed by atoms with Crippen LogP contribution in [-0.4, -0.2) is 24.9 Å². The molecule has 0 aliphatic heterocycles. The van der Waals surface area contributed by atoms with Crippen LogP contribution in [-0.2, 0) is 0 Å². The first-order valence-electron chi connectivity index (χ1n) is 20.0. The van der Waals surface area contributed by atoms with Gasteiger partial charge in [0, 0.05) is 40.2 Å². The molecule has 0 aliphatic rings. The Morgan fingerprint density at radius 3 is 0.800 bits per heavy atom. The molecule has 10 aromatic rings. The van der Waals surface area contributed by atoms with Crippen LogP contribution in [0.1, 0.15) is 0 Å². The summed E-state index contributed by atoms with van der Waals surface area (Å²) in [4.78, 5) is 24.9. The van der Waals surface area contributed by atoms with Crippen LogP contribution < -0.4 is 0 Å². The molecular weight excluding hydrogens is 731 g/mol. The second kappa shape index (κ2) is 16.4. The van der Waals surface area contributed by atoms with Crippen molar-refractivity contribution in [1.82, 2.24) is 24.9 Å². The van der Waals surface area contributed by atoms with Crippen molar-refractivity contribution in [3.63, 3.8) is 0 Å². The maximum atomic E-state index is 5.19. The zero-order valence-electron chi connectivity index (χ0n) is 32.6. The van der Waals surface area contributed by atoms with Gasteiger partial charge in [0.25, 0.3) is 0 Å². The molecule has 10 rings (SSSR count). The fourth-order valence-electron chi connectivity index (χ4n) is 7.57. The van der Waals surface area contributed by atoms with Gasteiger partial charge in [-0.1, -0.05) is 133 Å². The van der Waals surface area contributed by atoms with Gasteiger partial charge in [0.1, 0.15) is 0 Å². The summed E-state index contributed by atoms with van der Waals surface area (Å²) in [5.74, 6) is 1.80. The van der Waals surface area contributed by atoms with Crippen LogP contribution in [0.15, 0.2) is 225 Å². The summed E-state index contributed by atoms with van der Waals surface area (Å²) in [5.41, 5.74) is 15.1. The molecule has 0 N–H and O–H groups in total. The molecule has 5 nitrogen and oxygen atoms in total. The van der Waals surface area contributed by atoms with E-state index in [-0.39, 0.29) is 0 Å². The zero-order valence-corrected chi connectivity index (χ0v) is 32.6. The van der Waals surface area contributed by atoms with Gasteiger partial charge >= 0.3 is 0 Å². The molecule has 0 aliphatic carbocycles. The van der Waals surface area contributed by atoms with Gasteiger partial charge in [0.2, 0.25) is 0 Å². The second-order valence-electron chi connectivity index (χ2n) is 14.6. The molecule has 0 atom stereocenters. The smallest absolute Gasteiger partial charge is 0.164 e. The van der Waals surface area contributed by atoms with Gasteiger partial charge in [-0.3, -0.25) is 9.97 Å². The van der Waals surface area contributed by atoms with E-state index in [0.717, 1.165) is 83.7 Å². The van der Waals surface area contributed by atoms with Gasteiger partial charge in [-0.15, -0.1) is 0 Å². The fraction of sp³-hybridized carbons (Fsp3) is 0. The minimum absolute atomic E-state index is 0.583. The van der Waals surface area contributed by atoms with Crippen molar-refractivity contribution in [3.05, 3.63) is 225 Å². The highest BCUT2D eigenvalue weighted by molar-refractivity contribution is 5.87. The minimum atomic E-state index is 0.583. The standard InChI is InChI=1S/C55H37N5/c1-5-17-38(18-6-1)42-29-44(34-48(32-42)51-25-13-15-27-56-51)46-31-47(45-30-43(39-19-7-2-8-20-39)33-49(35-45)52-26-14-16-28-57-52)37-50(36-46)55-59-53(40-21-9-3-10-22-40)58-54(60-55)41-23-11-4-12-24-41/h1-37H. The van der Waals surface area contributed by atoms with E-state index in [9.17, 15) is 0 Å². The van der Waals surface area contributed by atoms with Gasteiger partial charge in [-0.25, -0.2) is 15.0 Å². The summed E-state index contributed by atoms with van der Waals surface area (Å²) in [7, 11) is 0. The average molecular weight is 768 g/mol. The fourth-order valence-corrected chi connectivity index (χ4v) is 7.57. The van der Waals surface area contributed by atoms with Crippen LogP contribution in [0.5, 0.6) is 0 Å². The van der Waals surface area contributed by atoms with Crippen molar-refractivity contribution >= 4 is 0 Å². The lowest BCUT2D eigenvalue weighted by molar-refractivity contribution is 1.07. The highest BCUT2D eigenvalue weighted by Crippen LogP contribution is 2.39. The molecule has 0 saturated carbocycles. The quantitative estimate of drug-likeness (QED) is 0.146. The highest BCUT2D eigenvalue weighted by Gasteiger charge is 2.17. The van der Waals surface area contributed by atoms with Crippen molar-refractivity contribution in [2.45, 2.75) is 0 Å². The molecule has 0 radical (unpaired) electrons. The third kappa shape index (κ3) is 7.76. The Morgan fingerprint density at radius 1 is 0.200 bits per heavy atom. The van der Waals surface area contributed by atoms with Gasteiger partial charge in [-0.05, 0) is 123 Å². The molecular formula is C55H37N5. The first-order chi connectivity index (χ1) is 29.7. The highest BCUT2D eigenvalue weighted by atomic mass is 15.0. The lowest BCUT2D eigenvalue weighted by Crippen LogP contribution is -2.00. The average Bonchev–Trinajstić information content (AvgIpc) is 3.35. The van der Waals surface area contributed by atoms with Crippen molar-refractivity contribution in [2.75, 3.05) is 0 Å². The molecule has 0 bridgehead atoms. The molecule has 282 valence electrons. The van der Waals surface area contributed by atoms with Crippen molar-refractivity contribution < 1.29 is 0 Å². The lowest BCUT2D eigenvalue weighted by atomic mass is 9.90. The molecule has 5 heteroatoms. The number of nitrogens with zero attached hydrogens (tertiary/aromatic N) is 5. The molecule has 0 unspecified atom stereocenters. The molecule has 0 fully saturated rings. The third-order valence-corrected chi connectivity index (χ3v) is 10.6. The maximum absolute atomic E-state index is 5.19. The largest absolute Gasteiger partial charge is 0.256 e. The number of aromatic nitrogens is 5. The SMILES string of the molecule is c1ccc(-c2cc(-c3cc(-c4cc(-c5ccccc5)cc(-c5ccccn5)c4)cc(-c4nc(-c5ccccc5)nc(-c5ccccc5)n4)c3)cc(-c3ccccn3)c2)cc1. The van der Waals surface area contributed by atoms with E-state index in [2.05, 4.69) is 115 Å². The number of pyridine rings is 2. The van der Waals surface area contributed by atoms with Crippen LogP contribution in [0.4, 0.5) is 0 Å². The Hall–Kier alpha value is -8.15. The predicted octanol–water partition coefficient (Wildman–Crippen LogP) is 13.7. The summed E-state index contributed by atoms with van der Waals surface area (Å²) in [6.07, 6.45) is 3.69. The number of rotatable bonds is 9. The van der Waals surface area contributed by atoms with Crippen LogP contribution in [0.3, 0.4) is 0 Å². The first-order valence-corrected chi connectivity index (χ1v) is 20.0. The van der Waals surface area contributed by atoms with Gasteiger partial charge in [-0.2, -0.15) is 0 Å². The van der Waals surface area contributed by atoms with Gasteiger partial charge in [0.15, 0.2) is 17.5 Å². The van der Waals surface area contributed by atoms with E-state index < -0.39 is 0 Å². The summed E-state index contributed by atoms with van der Waals surface area (Å²) >= 11 is 0. The Kier molecular flexibility index (Phi) is 9.88. The number of benzene rings is 7. The van der Waals surface area contributed by atoms with Crippen molar-refractivity contribution in [2.24, 2.45) is 0 Å². The van der Waals surface area contributed by atoms with Crippen LogP contribution >= 0.6 is 0 Å². The topological polar surface area (TPSA) is 64.5 Å². The Morgan fingerprint density at radius 2 is 0.467 bits per heavy atom. The van der Waals surface area contributed by atoms with E-state index in [1.54, 1.807) is 0 Å². The van der Waals surface area contributed by atoms with E-state index in [1.165, 1.54) is 0 Å². The second-order valence-corrected chi connectivity index (χ2v) is 14.6.